The van der Waals surface area contributed by atoms with Gasteiger partial charge in [-0.3, -0.25) is 4.79 Å². The van der Waals surface area contributed by atoms with Crippen molar-refractivity contribution in [3.8, 4) is 10.6 Å². The fourth-order valence-electron chi connectivity index (χ4n) is 3.51. The fraction of sp³-hybridized carbons (Fsp3) is 0.286. The Morgan fingerprint density at radius 2 is 1.77 bits per heavy atom. The number of alkyl halides is 3. The summed E-state index contributed by atoms with van der Waals surface area (Å²) in [7, 11) is 0. The maximum atomic E-state index is 14.0. The summed E-state index contributed by atoms with van der Waals surface area (Å²) in [5, 5.41) is 9.16. The van der Waals surface area contributed by atoms with E-state index >= 15 is 0 Å². The van der Waals surface area contributed by atoms with E-state index in [9.17, 15) is 26.7 Å². The average Bonchev–Trinajstić information content (AvgIpc) is 3.23. The van der Waals surface area contributed by atoms with Gasteiger partial charge in [0.2, 0.25) is 0 Å². The van der Waals surface area contributed by atoms with Gasteiger partial charge in [-0.05, 0) is 43.2 Å². The number of amides is 1. The van der Waals surface area contributed by atoms with Crippen molar-refractivity contribution in [2.45, 2.75) is 24.9 Å². The third-order valence-corrected chi connectivity index (χ3v) is 6.29. The number of nitrogens with zero attached hydrogens (tertiary/aromatic N) is 3. The van der Waals surface area contributed by atoms with Gasteiger partial charge in [0.05, 0.1) is 5.56 Å². The third-order valence-electron chi connectivity index (χ3n) is 5.17. The molecule has 4 nitrogen and oxygen atoms in total. The Morgan fingerprint density at radius 3 is 2.45 bits per heavy atom. The number of hydrogen-bond acceptors (Lipinski definition) is 4. The van der Waals surface area contributed by atoms with E-state index in [0.717, 1.165) is 24.3 Å². The van der Waals surface area contributed by atoms with E-state index in [1.807, 2.05) is 0 Å². The Hall–Kier alpha value is -2.88. The molecule has 1 fully saturated rings. The van der Waals surface area contributed by atoms with Gasteiger partial charge in [0.25, 0.3) is 5.91 Å². The van der Waals surface area contributed by atoms with E-state index in [1.165, 1.54) is 34.4 Å². The van der Waals surface area contributed by atoms with Gasteiger partial charge in [-0.2, -0.15) is 13.2 Å². The van der Waals surface area contributed by atoms with Crippen LogP contribution >= 0.6 is 11.3 Å². The molecule has 2 aromatic carbocycles. The highest BCUT2D eigenvalue weighted by Gasteiger charge is 2.32. The molecular formula is C21H16F5N3OS. The summed E-state index contributed by atoms with van der Waals surface area (Å²) in [5.74, 6) is -1.84. The lowest BCUT2D eigenvalue weighted by molar-refractivity contribution is -0.137. The summed E-state index contributed by atoms with van der Waals surface area (Å²) < 4.78 is 65.8. The first kappa shape index (κ1) is 21.4. The normalized spacial score (nSPS) is 15.3. The number of likely N-dealkylation sites (tertiary alicyclic amines) is 1. The Balaban J connectivity index is 1.42. The van der Waals surface area contributed by atoms with Gasteiger partial charge in [-0.25, -0.2) is 8.78 Å². The summed E-state index contributed by atoms with van der Waals surface area (Å²) in [6.07, 6.45) is -3.39. The molecule has 0 bridgehead atoms. The summed E-state index contributed by atoms with van der Waals surface area (Å²) >= 11 is 1.21. The number of aromatic nitrogens is 2. The van der Waals surface area contributed by atoms with Crippen LogP contribution in [0.2, 0.25) is 0 Å². The standard InChI is InChI=1S/C21H16F5N3OS/c22-15-4-5-16(17(23)11-15)19-28-27-18(31-19)12-6-8-29(9-7-12)20(30)13-2-1-3-14(10-13)21(24,25)26/h1-5,10-12H,6-9H2. The Bertz CT molecular complexity index is 1110. The number of hydrogen-bond donors (Lipinski definition) is 0. The van der Waals surface area contributed by atoms with Crippen LogP contribution in [0, 0.1) is 11.6 Å². The quantitative estimate of drug-likeness (QED) is 0.491. The number of benzene rings is 2. The monoisotopic (exact) mass is 453 g/mol. The Morgan fingerprint density at radius 1 is 1.03 bits per heavy atom. The molecule has 0 radical (unpaired) electrons. The van der Waals surface area contributed by atoms with Crippen molar-refractivity contribution < 1.29 is 26.7 Å². The number of rotatable bonds is 3. The first-order valence-corrected chi connectivity index (χ1v) is 10.3. The summed E-state index contributed by atoms with van der Waals surface area (Å²) in [6.45, 7) is 0.721. The van der Waals surface area contributed by atoms with Crippen molar-refractivity contribution in [2.75, 3.05) is 13.1 Å². The van der Waals surface area contributed by atoms with Gasteiger partial charge in [0.15, 0.2) is 5.01 Å². The molecule has 1 aromatic heterocycles. The van der Waals surface area contributed by atoms with E-state index < -0.39 is 29.3 Å². The van der Waals surface area contributed by atoms with E-state index in [1.54, 1.807) is 0 Å². The lowest BCUT2D eigenvalue weighted by Gasteiger charge is -2.31. The molecule has 2 heterocycles. The summed E-state index contributed by atoms with van der Waals surface area (Å²) in [5.41, 5.74) is -0.691. The van der Waals surface area contributed by atoms with Crippen molar-refractivity contribution in [1.82, 2.24) is 15.1 Å². The van der Waals surface area contributed by atoms with Gasteiger partial charge in [-0.1, -0.05) is 17.4 Å². The number of carbonyl (C=O) groups is 1. The SMILES string of the molecule is O=C(c1cccc(C(F)(F)F)c1)N1CCC(c2nnc(-c3ccc(F)cc3F)s2)CC1. The van der Waals surface area contributed by atoms with Crippen LogP contribution in [-0.2, 0) is 6.18 Å². The van der Waals surface area contributed by atoms with E-state index in [4.69, 9.17) is 0 Å². The lowest BCUT2D eigenvalue weighted by atomic mass is 9.97. The second-order valence-electron chi connectivity index (χ2n) is 7.21. The summed E-state index contributed by atoms with van der Waals surface area (Å²) in [6, 6.07) is 7.64. The minimum atomic E-state index is -4.51. The van der Waals surface area contributed by atoms with Gasteiger partial charge in [0.1, 0.15) is 16.6 Å². The first-order valence-electron chi connectivity index (χ1n) is 9.48. The van der Waals surface area contributed by atoms with Crippen LogP contribution < -0.4 is 0 Å². The number of piperidine rings is 1. The minimum absolute atomic E-state index is 0.000295. The predicted octanol–water partition coefficient (Wildman–Crippen LogP) is 5.52. The van der Waals surface area contributed by atoms with Crippen LogP contribution in [0.4, 0.5) is 22.0 Å². The van der Waals surface area contributed by atoms with Crippen LogP contribution in [0.1, 0.15) is 39.7 Å². The zero-order chi connectivity index (χ0) is 22.2. The molecule has 0 N–H and O–H groups in total. The van der Waals surface area contributed by atoms with Crippen LogP contribution in [-0.4, -0.2) is 34.1 Å². The zero-order valence-electron chi connectivity index (χ0n) is 16.0. The average molecular weight is 453 g/mol. The summed E-state index contributed by atoms with van der Waals surface area (Å²) in [4.78, 5) is 14.2. The van der Waals surface area contributed by atoms with Crippen LogP contribution in [0.5, 0.6) is 0 Å². The molecule has 0 saturated carbocycles. The van der Waals surface area contributed by atoms with Crippen molar-refractivity contribution in [3.63, 3.8) is 0 Å². The molecule has 4 rings (SSSR count). The Labute approximate surface area is 178 Å². The zero-order valence-corrected chi connectivity index (χ0v) is 16.8. The van der Waals surface area contributed by atoms with Gasteiger partial charge >= 0.3 is 6.18 Å². The van der Waals surface area contributed by atoms with Crippen molar-refractivity contribution in [3.05, 3.63) is 70.2 Å². The highest BCUT2D eigenvalue weighted by Crippen LogP contribution is 2.35. The minimum Gasteiger partial charge on any atom is -0.339 e. The molecule has 0 unspecified atom stereocenters. The first-order chi connectivity index (χ1) is 14.7. The molecule has 1 amide bonds. The number of halogens is 5. The second-order valence-corrected chi connectivity index (χ2v) is 8.22. The number of carbonyl (C=O) groups excluding carboxylic acids is 1. The third kappa shape index (κ3) is 4.58. The molecular weight excluding hydrogens is 437 g/mol. The Kier molecular flexibility index (Phi) is 5.74. The van der Waals surface area contributed by atoms with Crippen molar-refractivity contribution in [1.29, 1.82) is 0 Å². The molecule has 10 heteroatoms. The maximum absolute atomic E-state index is 14.0. The smallest absolute Gasteiger partial charge is 0.339 e. The van der Waals surface area contributed by atoms with Gasteiger partial charge in [0, 0.05) is 36.2 Å². The molecule has 1 saturated heterocycles. The van der Waals surface area contributed by atoms with Gasteiger partial charge in [-0.15, -0.1) is 10.2 Å². The predicted molar refractivity (Wildman–Crippen MR) is 105 cm³/mol. The van der Waals surface area contributed by atoms with Gasteiger partial charge < -0.3 is 4.90 Å². The highest BCUT2D eigenvalue weighted by molar-refractivity contribution is 7.14. The van der Waals surface area contributed by atoms with Crippen LogP contribution in [0.15, 0.2) is 42.5 Å². The molecule has 0 atom stereocenters. The highest BCUT2D eigenvalue weighted by atomic mass is 32.1. The molecule has 1 aliphatic rings. The van der Waals surface area contributed by atoms with E-state index in [0.29, 0.717) is 35.9 Å². The van der Waals surface area contributed by atoms with Crippen LogP contribution in [0.3, 0.4) is 0 Å². The van der Waals surface area contributed by atoms with E-state index in [-0.39, 0.29) is 17.0 Å². The molecule has 3 aromatic rings. The second kappa shape index (κ2) is 8.33. The van der Waals surface area contributed by atoms with Crippen molar-refractivity contribution in [2.24, 2.45) is 0 Å². The topological polar surface area (TPSA) is 46.1 Å². The lowest BCUT2D eigenvalue weighted by Crippen LogP contribution is -2.38. The maximum Gasteiger partial charge on any atom is 0.416 e. The van der Waals surface area contributed by atoms with E-state index in [2.05, 4.69) is 10.2 Å². The molecule has 162 valence electrons. The largest absolute Gasteiger partial charge is 0.416 e. The molecule has 31 heavy (non-hydrogen) atoms. The molecule has 0 aliphatic carbocycles. The molecule has 0 spiro atoms. The van der Waals surface area contributed by atoms with Crippen LogP contribution in [0.25, 0.3) is 10.6 Å². The fourth-order valence-corrected chi connectivity index (χ4v) is 4.55. The van der Waals surface area contributed by atoms with Crippen molar-refractivity contribution >= 4 is 17.2 Å². The molecule has 1 aliphatic heterocycles.